The first-order valence-corrected chi connectivity index (χ1v) is 20.6. The van der Waals surface area contributed by atoms with Gasteiger partial charge in [0.1, 0.15) is 0 Å². The molecule has 5 aromatic carbocycles. The molecule has 0 amide bonds. The Bertz CT molecular complexity index is 2610. The molecule has 58 heavy (non-hydrogen) atoms. The van der Waals surface area contributed by atoms with Crippen molar-refractivity contribution in [3.63, 3.8) is 0 Å². The number of allylic oxidation sites excluding steroid dienone is 13. The van der Waals surface area contributed by atoms with Crippen LogP contribution in [0.1, 0.15) is 70.0 Å². The zero-order chi connectivity index (χ0) is 40.5. The van der Waals surface area contributed by atoms with Crippen LogP contribution in [-0.4, -0.2) is 9.97 Å². The van der Waals surface area contributed by atoms with Gasteiger partial charge in [0, 0.05) is 16.7 Å². The maximum absolute atomic E-state index is 5.35. The van der Waals surface area contributed by atoms with Gasteiger partial charge in [0.15, 0.2) is 5.82 Å². The van der Waals surface area contributed by atoms with E-state index in [-0.39, 0.29) is 0 Å². The van der Waals surface area contributed by atoms with Crippen LogP contribution in [0, 0.1) is 0 Å². The molecule has 1 unspecified atom stereocenters. The molecule has 2 aliphatic carbocycles. The zero-order valence-electron chi connectivity index (χ0n) is 34.4. The van der Waals surface area contributed by atoms with Crippen molar-refractivity contribution in [3.8, 4) is 44.8 Å². The summed E-state index contributed by atoms with van der Waals surface area (Å²) in [4.78, 5) is 10.6. The smallest absolute Gasteiger partial charge is 0.160 e. The quantitative estimate of drug-likeness (QED) is 0.130. The van der Waals surface area contributed by atoms with E-state index in [0.29, 0.717) is 5.82 Å². The molecule has 0 spiro atoms. The van der Waals surface area contributed by atoms with Crippen LogP contribution in [0.15, 0.2) is 206 Å². The van der Waals surface area contributed by atoms with Crippen molar-refractivity contribution in [3.05, 3.63) is 228 Å². The topological polar surface area (TPSA) is 25.8 Å². The third-order valence-corrected chi connectivity index (χ3v) is 11.0. The average Bonchev–Trinajstić information content (AvgIpc) is 3.60. The van der Waals surface area contributed by atoms with E-state index >= 15 is 0 Å². The molecular formula is C56H52N2. The highest BCUT2D eigenvalue weighted by atomic mass is 14.9. The lowest BCUT2D eigenvalue weighted by Gasteiger charge is -2.36. The summed E-state index contributed by atoms with van der Waals surface area (Å²) in [6, 6.07) is 47.7. The number of aromatic nitrogens is 2. The molecule has 2 nitrogen and oxygen atoms in total. The first-order chi connectivity index (χ1) is 28.5. The van der Waals surface area contributed by atoms with Gasteiger partial charge in [-0.2, -0.15) is 0 Å². The van der Waals surface area contributed by atoms with Crippen molar-refractivity contribution in [2.24, 2.45) is 0 Å². The number of rotatable bonds is 10. The minimum absolute atomic E-state index is 0.472. The fourth-order valence-electron chi connectivity index (χ4n) is 8.39. The molecule has 1 aromatic heterocycles. The number of fused-ring (bicyclic) bond motifs is 3. The molecule has 0 fully saturated rings. The lowest BCUT2D eigenvalue weighted by molar-refractivity contribution is 0.750. The Hall–Kier alpha value is -6.64. The number of benzene rings is 5. The fraction of sp³-hybridized carbons (Fsp3) is 0.143. The minimum Gasteiger partial charge on any atom is -0.228 e. The third kappa shape index (κ3) is 7.59. The molecule has 2 heteroatoms. The van der Waals surface area contributed by atoms with Crippen LogP contribution in [0.25, 0.3) is 55.9 Å². The van der Waals surface area contributed by atoms with Gasteiger partial charge in [0.25, 0.3) is 0 Å². The molecule has 6 aromatic rings. The summed E-state index contributed by atoms with van der Waals surface area (Å²) in [5, 5.41) is 0. The molecule has 286 valence electrons. The molecule has 1 heterocycles. The second kappa shape index (κ2) is 18.1. The SMILES string of the molecule is C=C/C=C(\C=C/C)C1(C2=CCCC=C2)c2ccccc2-c2cc(-c3cc(-c4cccc(-c5ccccc5)c4)nc(C(/C=C(\C)c4ccccc4)=C/C)n3)ccc21.CC. The van der Waals surface area contributed by atoms with Crippen molar-refractivity contribution < 1.29 is 0 Å². The normalized spacial score (nSPS) is 16.3. The van der Waals surface area contributed by atoms with E-state index in [0.717, 1.165) is 52.1 Å². The molecule has 0 aliphatic heterocycles. The average molecular weight is 753 g/mol. The summed E-state index contributed by atoms with van der Waals surface area (Å²) in [7, 11) is 0. The first kappa shape index (κ1) is 39.6. The Morgan fingerprint density at radius 1 is 0.655 bits per heavy atom. The Morgan fingerprint density at radius 3 is 2.00 bits per heavy atom. The summed E-state index contributed by atoms with van der Waals surface area (Å²) in [6.45, 7) is 14.5. The number of hydrogen-bond acceptors (Lipinski definition) is 2. The Balaban J connectivity index is 0.00000252. The van der Waals surface area contributed by atoms with Crippen LogP contribution in [0.2, 0.25) is 0 Å². The monoisotopic (exact) mass is 752 g/mol. The van der Waals surface area contributed by atoms with E-state index in [1.165, 1.54) is 44.5 Å². The second-order valence-electron chi connectivity index (χ2n) is 14.4. The highest BCUT2D eigenvalue weighted by Crippen LogP contribution is 2.58. The van der Waals surface area contributed by atoms with Crippen molar-refractivity contribution in [1.82, 2.24) is 9.97 Å². The van der Waals surface area contributed by atoms with Gasteiger partial charge in [-0.1, -0.05) is 184 Å². The Labute approximate surface area is 345 Å². The van der Waals surface area contributed by atoms with E-state index in [9.17, 15) is 0 Å². The van der Waals surface area contributed by atoms with Crippen molar-refractivity contribution >= 4 is 11.1 Å². The molecule has 0 radical (unpaired) electrons. The van der Waals surface area contributed by atoms with Crippen LogP contribution in [-0.2, 0) is 5.41 Å². The molecule has 0 saturated carbocycles. The number of nitrogens with zero attached hydrogens (tertiary/aromatic N) is 2. The van der Waals surface area contributed by atoms with E-state index in [2.05, 4.69) is 209 Å². The minimum atomic E-state index is -0.472. The summed E-state index contributed by atoms with van der Waals surface area (Å²) >= 11 is 0. The predicted molar refractivity (Wildman–Crippen MR) is 249 cm³/mol. The lowest BCUT2D eigenvalue weighted by Crippen LogP contribution is -2.30. The molecule has 0 N–H and O–H groups in total. The number of hydrogen-bond donors (Lipinski definition) is 0. The third-order valence-electron chi connectivity index (χ3n) is 11.0. The van der Waals surface area contributed by atoms with E-state index in [1.54, 1.807) is 0 Å². The maximum Gasteiger partial charge on any atom is 0.160 e. The van der Waals surface area contributed by atoms with Gasteiger partial charge in [-0.25, -0.2) is 9.97 Å². The fourth-order valence-corrected chi connectivity index (χ4v) is 8.39. The highest BCUT2D eigenvalue weighted by Gasteiger charge is 2.47. The summed E-state index contributed by atoms with van der Waals surface area (Å²) in [6.07, 6.45) is 22.0. The standard InChI is InChI=1S/C54H46N2.C2H6/c1-5-20-45(21-6-2)54(46-28-15-10-16-29-46)49-31-18-17-30-47(49)48-36-44(32-33-50(48)54)52-37-51(43-27-19-26-42(35-43)41-24-13-9-14-25-41)55-53(56-52)39(7-3)34-38(4)40-22-11-8-12-23-40;1-2/h5-9,11-15,17-37H,1,10,16H2,2-4H3;1-2H3/b21-6-,38-34+,39-7+,45-20+;. The van der Waals surface area contributed by atoms with Crippen molar-refractivity contribution in [2.45, 2.75) is 52.9 Å². The van der Waals surface area contributed by atoms with Gasteiger partial charge in [0.05, 0.1) is 16.8 Å². The molecular weight excluding hydrogens is 701 g/mol. The molecule has 1 atom stereocenters. The van der Waals surface area contributed by atoms with Crippen LogP contribution in [0.5, 0.6) is 0 Å². The summed E-state index contributed by atoms with van der Waals surface area (Å²) in [5.74, 6) is 0.692. The summed E-state index contributed by atoms with van der Waals surface area (Å²) < 4.78 is 0. The summed E-state index contributed by atoms with van der Waals surface area (Å²) in [5.41, 5.74) is 16.5. The van der Waals surface area contributed by atoms with Crippen LogP contribution >= 0.6 is 0 Å². The Kier molecular flexibility index (Phi) is 12.3. The van der Waals surface area contributed by atoms with Gasteiger partial charge in [-0.3, -0.25) is 0 Å². The Morgan fingerprint density at radius 2 is 1.31 bits per heavy atom. The van der Waals surface area contributed by atoms with Gasteiger partial charge in [-0.15, -0.1) is 0 Å². The van der Waals surface area contributed by atoms with Gasteiger partial charge in [0.2, 0.25) is 0 Å². The van der Waals surface area contributed by atoms with Gasteiger partial charge in [-0.05, 0) is 114 Å². The largest absolute Gasteiger partial charge is 0.228 e. The molecule has 8 rings (SSSR count). The molecule has 2 aliphatic rings. The zero-order valence-corrected chi connectivity index (χ0v) is 34.4. The van der Waals surface area contributed by atoms with Gasteiger partial charge < -0.3 is 0 Å². The van der Waals surface area contributed by atoms with Crippen molar-refractivity contribution in [1.29, 1.82) is 0 Å². The molecule has 0 saturated heterocycles. The van der Waals surface area contributed by atoms with Crippen LogP contribution < -0.4 is 0 Å². The lowest BCUT2D eigenvalue weighted by atomic mass is 9.65. The first-order valence-electron chi connectivity index (χ1n) is 20.6. The molecule has 0 bridgehead atoms. The maximum atomic E-state index is 5.35. The van der Waals surface area contributed by atoms with Gasteiger partial charge >= 0.3 is 0 Å². The van der Waals surface area contributed by atoms with E-state index < -0.39 is 5.41 Å². The van der Waals surface area contributed by atoms with E-state index in [1.807, 2.05) is 19.9 Å². The van der Waals surface area contributed by atoms with Crippen LogP contribution in [0.4, 0.5) is 0 Å². The van der Waals surface area contributed by atoms with Crippen molar-refractivity contribution in [2.75, 3.05) is 0 Å². The highest BCUT2D eigenvalue weighted by molar-refractivity contribution is 5.90. The van der Waals surface area contributed by atoms with E-state index in [4.69, 9.17) is 9.97 Å². The van der Waals surface area contributed by atoms with Crippen LogP contribution in [0.3, 0.4) is 0 Å². The second-order valence-corrected chi connectivity index (χ2v) is 14.4. The predicted octanol–water partition coefficient (Wildman–Crippen LogP) is 15.2.